The van der Waals surface area contributed by atoms with Crippen molar-refractivity contribution in [2.45, 2.75) is 0 Å². The molecule has 0 unspecified atom stereocenters. The molecule has 0 atom stereocenters. The molecule has 2 rings (SSSR count). The van der Waals surface area contributed by atoms with Gasteiger partial charge in [0.25, 0.3) is 0 Å². The number of benzene rings is 1. The third-order valence-corrected chi connectivity index (χ3v) is 2.93. The molecule has 1 aromatic heterocycles. The minimum absolute atomic E-state index is 0.0332. The predicted octanol–water partition coefficient (Wildman–Crippen LogP) is 3.88. The number of nitrogens with zero attached hydrogens (tertiary/aromatic N) is 1. The van der Waals surface area contributed by atoms with E-state index in [2.05, 4.69) is 4.98 Å². The molecular formula is C12H7Cl2NO3. The zero-order valence-electron chi connectivity index (χ0n) is 8.93. The quantitative estimate of drug-likeness (QED) is 0.929. The van der Waals surface area contributed by atoms with E-state index in [-0.39, 0.29) is 22.2 Å². The van der Waals surface area contributed by atoms with Crippen LogP contribution in [0.5, 0.6) is 11.6 Å². The van der Waals surface area contributed by atoms with E-state index < -0.39 is 5.97 Å². The van der Waals surface area contributed by atoms with Gasteiger partial charge >= 0.3 is 5.97 Å². The average Bonchev–Trinajstić information content (AvgIpc) is 2.35. The molecule has 1 heterocycles. The molecule has 0 aliphatic heterocycles. The number of ether oxygens (including phenoxy) is 1. The Labute approximate surface area is 113 Å². The average molecular weight is 284 g/mol. The second-order valence-electron chi connectivity index (χ2n) is 3.32. The first-order valence-corrected chi connectivity index (χ1v) is 5.65. The summed E-state index contributed by atoms with van der Waals surface area (Å²) in [6.07, 6.45) is 1.43. The number of rotatable bonds is 3. The number of aromatic nitrogens is 1. The highest BCUT2D eigenvalue weighted by molar-refractivity contribution is 6.42. The van der Waals surface area contributed by atoms with Gasteiger partial charge in [0.15, 0.2) is 0 Å². The molecule has 92 valence electrons. The van der Waals surface area contributed by atoms with Crippen molar-refractivity contribution in [3.05, 3.63) is 52.1 Å². The molecule has 0 bridgehead atoms. The van der Waals surface area contributed by atoms with Crippen molar-refractivity contribution in [2.24, 2.45) is 0 Å². The molecule has 18 heavy (non-hydrogen) atoms. The van der Waals surface area contributed by atoms with Gasteiger partial charge in [-0.2, -0.15) is 0 Å². The summed E-state index contributed by atoms with van der Waals surface area (Å²) in [5.41, 5.74) is -0.0476. The van der Waals surface area contributed by atoms with Crippen molar-refractivity contribution in [1.29, 1.82) is 0 Å². The van der Waals surface area contributed by atoms with Gasteiger partial charge in [-0.1, -0.05) is 29.3 Å². The van der Waals surface area contributed by atoms with E-state index in [0.717, 1.165) is 0 Å². The summed E-state index contributed by atoms with van der Waals surface area (Å²) in [5.74, 6) is -0.907. The molecule has 1 N–H and O–H groups in total. The van der Waals surface area contributed by atoms with Crippen molar-refractivity contribution in [2.75, 3.05) is 0 Å². The Morgan fingerprint density at radius 1 is 1.22 bits per heavy atom. The van der Waals surface area contributed by atoms with Crippen LogP contribution in [0.2, 0.25) is 10.0 Å². The van der Waals surface area contributed by atoms with Crippen LogP contribution in [-0.4, -0.2) is 16.1 Å². The third-order valence-electron chi connectivity index (χ3n) is 2.12. The van der Waals surface area contributed by atoms with Crippen LogP contribution in [-0.2, 0) is 0 Å². The largest absolute Gasteiger partial charge is 0.477 e. The van der Waals surface area contributed by atoms with Crippen molar-refractivity contribution in [1.82, 2.24) is 4.98 Å². The second-order valence-corrected chi connectivity index (χ2v) is 4.10. The summed E-state index contributed by atoms with van der Waals surface area (Å²) in [6.45, 7) is 0. The fourth-order valence-corrected chi connectivity index (χ4v) is 1.63. The molecule has 0 fully saturated rings. The summed E-state index contributed by atoms with van der Waals surface area (Å²) in [7, 11) is 0. The monoisotopic (exact) mass is 283 g/mol. The van der Waals surface area contributed by atoms with E-state index in [0.29, 0.717) is 5.02 Å². The van der Waals surface area contributed by atoms with E-state index in [1.54, 1.807) is 18.2 Å². The van der Waals surface area contributed by atoms with Gasteiger partial charge in [-0.05, 0) is 24.3 Å². The van der Waals surface area contributed by atoms with Crippen molar-refractivity contribution < 1.29 is 14.6 Å². The number of halogens is 2. The molecule has 0 spiro atoms. The van der Waals surface area contributed by atoms with Crippen LogP contribution in [0.3, 0.4) is 0 Å². The smallest absolute Gasteiger partial charge is 0.341 e. The minimum atomic E-state index is -1.13. The molecule has 1 aromatic carbocycles. The SMILES string of the molecule is O=C(O)c1cccnc1Oc1cccc(Cl)c1Cl. The Bertz CT molecular complexity index is 602. The maximum absolute atomic E-state index is 11.0. The zero-order chi connectivity index (χ0) is 13.1. The fourth-order valence-electron chi connectivity index (χ4n) is 1.30. The Kier molecular flexibility index (Phi) is 3.69. The van der Waals surface area contributed by atoms with E-state index in [1.165, 1.54) is 18.3 Å². The highest BCUT2D eigenvalue weighted by Crippen LogP contribution is 2.34. The Balaban J connectivity index is 2.40. The summed E-state index contributed by atoms with van der Waals surface area (Å²) in [4.78, 5) is 14.8. The molecule has 0 aliphatic carbocycles. The first-order valence-electron chi connectivity index (χ1n) is 4.90. The molecule has 0 saturated heterocycles. The number of aromatic carboxylic acids is 1. The predicted molar refractivity (Wildman–Crippen MR) is 67.7 cm³/mol. The highest BCUT2D eigenvalue weighted by Gasteiger charge is 2.14. The highest BCUT2D eigenvalue weighted by atomic mass is 35.5. The van der Waals surface area contributed by atoms with Gasteiger partial charge < -0.3 is 9.84 Å². The first-order chi connectivity index (χ1) is 8.59. The molecule has 0 radical (unpaired) electrons. The molecule has 6 heteroatoms. The molecule has 0 aliphatic rings. The number of carbonyl (C=O) groups is 1. The lowest BCUT2D eigenvalue weighted by Crippen LogP contribution is -2.01. The van der Waals surface area contributed by atoms with E-state index in [1.807, 2.05) is 0 Å². The van der Waals surface area contributed by atoms with Crippen LogP contribution in [0.15, 0.2) is 36.5 Å². The fraction of sp³-hybridized carbons (Fsp3) is 0. The number of hydrogen-bond acceptors (Lipinski definition) is 3. The van der Waals surface area contributed by atoms with Gasteiger partial charge in [0.05, 0.1) is 5.02 Å². The molecular weight excluding hydrogens is 277 g/mol. The maximum Gasteiger partial charge on any atom is 0.341 e. The third kappa shape index (κ3) is 2.55. The maximum atomic E-state index is 11.0. The number of hydrogen-bond donors (Lipinski definition) is 1. The van der Waals surface area contributed by atoms with Gasteiger partial charge in [-0.3, -0.25) is 0 Å². The first kappa shape index (κ1) is 12.7. The minimum Gasteiger partial charge on any atom is -0.477 e. The van der Waals surface area contributed by atoms with Crippen LogP contribution in [0.1, 0.15) is 10.4 Å². The normalized spacial score (nSPS) is 10.1. The van der Waals surface area contributed by atoms with Crippen LogP contribution in [0.25, 0.3) is 0 Å². The van der Waals surface area contributed by atoms with Crippen molar-refractivity contribution >= 4 is 29.2 Å². The molecule has 0 saturated carbocycles. The lowest BCUT2D eigenvalue weighted by molar-refractivity contribution is 0.0693. The van der Waals surface area contributed by atoms with Crippen LogP contribution in [0, 0.1) is 0 Å². The summed E-state index contributed by atoms with van der Waals surface area (Å²) in [6, 6.07) is 7.73. The van der Waals surface area contributed by atoms with Gasteiger partial charge in [-0.25, -0.2) is 9.78 Å². The van der Waals surface area contributed by atoms with E-state index in [9.17, 15) is 4.79 Å². The van der Waals surface area contributed by atoms with Gasteiger partial charge in [-0.15, -0.1) is 0 Å². The second kappa shape index (κ2) is 5.25. The van der Waals surface area contributed by atoms with Crippen LogP contribution in [0.4, 0.5) is 0 Å². The van der Waals surface area contributed by atoms with E-state index in [4.69, 9.17) is 33.0 Å². The Morgan fingerprint density at radius 2 is 2.00 bits per heavy atom. The van der Waals surface area contributed by atoms with Crippen LogP contribution < -0.4 is 4.74 Å². The van der Waals surface area contributed by atoms with Crippen molar-refractivity contribution in [3.8, 4) is 11.6 Å². The number of pyridine rings is 1. The zero-order valence-corrected chi connectivity index (χ0v) is 10.4. The summed E-state index contributed by atoms with van der Waals surface area (Å²) >= 11 is 11.8. The topological polar surface area (TPSA) is 59.4 Å². The lowest BCUT2D eigenvalue weighted by atomic mass is 10.3. The number of carboxylic acids is 1. The summed E-state index contributed by atoms with van der Waals surface area (Å²) in [5, 5.41) is 9.52. The van der Waals surface area contributed by atoms with Crippen molar-refractivity contribution in [3.63, 3.8) is 0 Å². The van der Waals surface area contributed by atoms with Crippen LogP contribution >= 0.6 is 23.2 Å². The van der Waals surface area contributed by atoms with Gasteiger partial charge in [0.1, 0.15) is 16.3 Å². The number of carboxylic acid groups (broad SMARTS) is 1. The molecule has 4 nitrogen and oxygen atoms in total. The summed E-state index contributed by atoms with van der Waals surface area (Å²) < 4.78 is 5.37. The Morgan fingerprint density at radius 3 is 2.72 bits per heavy atom. The van der Waals surface area contributed by atoms with Gasteiger partial charge in [0.2, 0.25) is 5.88 Å². The molecule has 2 aromatic rings. The molecule has 0 amide bonds. The Hall–Kier alpha value is -1.78. The van der Waals surface area contributed by atoms with E-state index >= 15 is 0 Å². The standard InChI is InChI=1S/C12H7Cl2NO3/c13-8-4-1-5-9(10(8)14)18-11-7(12(16)17)3-2-6-15-11/h1-6H,(H,16,17). The lowest BCUT2D eigenvalue weighted by Gasteiger charge is -2.09. The van der Waals surface area contributed by atoms with Gasteiger partial charge in [0, 0.05) is 6.20 Å².